The molecule has 2 aliphatic rings. The van der Waals surface area contributed by atoms with Crippen LogP contribution < -0.4 is 20.7 Å². The fourth-order valence-electron chi connectivity index (χ4n) is 3.96. The summed E-state index contributed by atoms with van der Waals surface area (Å²) in [4.78, 5) is 6.99. The van der Waals surface area contributed by atoms with Gasteiger partial charge in [0.1, 0.15) is 5.75 Å². The van der Waals surface area contributed by atoms with Crippen LogP contribution in [0.2, 0.25) is 0 Å². The van der Waals surface area contributed by atoms with Gasteiger partial charge in [0.05, 0.1) is 19.2 Å². The van der Waals surface area contributed by atoms with Crippen LogP contribution >= 0.6 is 0 Å². The van der Waals surface area contributed by atoms with E-state index >= 15 is 0 Å². The molecular weight excluding hydrogens is 324 g/mol. The number of fused-ring (bicyclic) bond motifs is 2. The molecule has 2 aromatic rings. The minimum atomic E-state index is 0.162. The Morgan fingerprint density at radius 2 is 2.04 bits per heavy atom. The number of anilines is 1. The van der Waals surface area contributed by atoms with Gasteiger partial charge >= 0.3 is 0 Å². The third-order valence-electron chi connectivity index (χ3n) is 5.25. The van der Waals surface area contributed by atoms with E-state index in [4.69, 9.17) is 10.5 Å². The Balaban J connectivity index is 1.37. The van der Waals surface area contributed by atoms with Crippen molar-refractivity contribution in [2.24, 2.45) is 10.7 Å². The van der Waals surface area contributed by atoms with Crippen molar-refractivity contribution in [2.45, 2.75) is 31.8 Å². The van der Waals surface area contributed by atoms with E-state index < -0.39 is 0 Å². The molecule has 3 N–H and O–H groups in total. The van der Waals surface area contributed by atoms with Gasteiger partial charge in [-0.1, -0.05) is 36.4 Å². The molecule has 0 fully saturated rings. The van der Waals surface area contributed by atoms with Crippen molar-refractivity contribution in [1.29, 1.82) is 0 Å². The average Bonchev–Trinajstić information content (AvgIpc) is 2.98. The summed E-state index contributed by atoms with van der Waals surface area (Å²) in [5.41, 5.74) is 10.1. The monoisotopic (exact) mass is 350 g/mol. The maximum atomic E-state index is 6.16. The van der Waals surface area contributed by atoms with Crippen molar-refractivity contribution in [3.8, 4) is 5.75 Å². The smallest absolute Gasteiger partial charge is 0.189 e. The molecule has 0 saturated carbocycles. The van der Waals surface area contributed by atoms with Crippen LogP contribution in [0.15, 0.2) is 53.5 Å². The highest BCUT2D eigenvalue weighted by Gasteiger charge is 2.25. The normalized spacial score (nSPS) is 21.7. The molecule has 2 unspecified atom stereocenters. The molecule has 0 spiro atoms. The number of para-hydroxylation sites is 2. The first-order valence-corrected chi connectivity index (χ1v) is 9.35. The number of benzene rings is 2. The molecule has 26 heavy (non-hydrogen) atoms. The van der Waals surface area contributed by atoms with Crippen LogP contribution in [0, 0.1) is 0 Å². The maximum absolute atomic E-state index is 6.16. The molecule has 4 rings (SSSR count). The summed E-state index contributed by atoms with van der Waals surface area (Å²) in [5.74, 6) is 1.44. The first-order valence-electron chi connectivity index (χ1n) is 9.35. The first kappa shape index (κ1) is 16.8. The van der Waals surface area contributed by atoms with Crippen molar-refractivity contribution in [2.75, 3.05) is 24.6 Å². The zero-order valence-electron chi connectivity index (χ0n) is 15.2. The van der Waals surface area contributed by atoms with Crippen molar-refractivity contribution >= 4 is 11.6 Å². The van der Waals surface area contributed by atoms with Gasteiger partial charge in [-0.25, -0.2) is 0 Å². The van der Waals surface area contributed by atoms with Gasteiger partial charge in [-0.2, -0.15) is 0 Å². The standard InChI is InChI=1S/C21H26N4O/c1-15-14-16-6-2-4-8-19(16)25(15)12-11-23-21(22)24-18-10-13-26-20-9-5-3-7-17(18)20/h2-9,15,18H,10-14H2,1H3,(H3,22,23,24). The summed E-state index contributed by atoms with van der Waals surface area (Å²) in [6.07, 6.45) is 2.00. The Labute approximate surface area is 154 Å². The molecule has 5 nitrogen and oxygen atoms in total. The minimum absolute atomic E-state index is 0.162. The van der Waals surface area contributed by atoms with Gasteiger partial charge in [-0.3, -0.25) is 4.99 Å². The lowest BCUT2D eigenvalue weighted by Gasteiger charge is -2.27. The lowest BCUT2D eigenvalue weighted by Crippen LogP contribution is -2.38. The molecule has 2 heterocycles. The highest BCUT2D eigenvalue weighted by Crippen LogP contribution is 2.32. The van der Waals surface area contributed by atoms with Crippen LogP contribution in [-0.4, -0.2) is 31.7 Å². The van der Waals surface area contributed by atoms with Crippen molar-refractivity contribution in [3.05, 3.63) is 59.7 Å². The molecule has 136 valence electrons. The van der Waals surface area contributed by atoms with Gasteiger partial charge < -0.3 is 20.7 Å². The number of hydrogen-bond acceptors (Lipinski definition) is 3. The summed E-state index contributed by atoms with van der Waals surface area (Å²) in [5, 5.41) is 3.36. The Bertz CT molecular complexity index is 804. The zero-order chi connectivity index (χ0) is 17.9. The number of nitrogens with two attached hydrogens (primary N) is 1. The number of guanidine groups is 1. The highest BCUT2D eigenvalue weighted by atomic mass is 16.5. The second-order valence-corrected chi connectivity index (χ2v) is 7.01. The van der Waals surface area contributed by atoms with Crippen LogP contribution in [0.5, 0.6) is 5.75 Å². The molecule has 0 bridgehead atoms. The highest BCUT2D eigenvalue weighted by molar-refractivity contribution is 5.78. The Hall–Kier alpha value is -2.69. The van der Waals surface area contributed by atoms with Gasteiger partial charge in [0.2, 0.25) is 0 Å². The summed E-state index contributed by atoms with van der Waals surface area (Å²) >= 11 is 0. The lowest BCUT2D eigenvalue weighted by molar-refractivity contribution is 0.262. The molecule has 0 amide bonds. The van der Waals surface area contributed by atoms with Crippen molar-refractivity contribution in [1.82, 2.24) is 5.32 Å². The molecule has 0 aromatic heterocycles. The number of rotatable bonds is 4. The molecule has 5 heteroatoms. The van der Waals surface area contributed by atoms with E-state index in [1.165, 1.54) is 11.3 Å². The Morgan fingerprint density at radius 1 is 1.23 bits per heavy atom. The fraction of sp³-hybridized carbons (Fsp3) is 0.381. The second-order valence-electron chi connectivity index (χ2n) is 7.01. The zero-order valence-corrected chi connectivity index (χ0v) is 15.2. The van der Waals surface area contributed by atoms with Gasteiger partial charge in [0, 0.05) is 30.3 Å². The van der Waals surface area contributed by atoms with Gasteiger partial charge in [-0.15, -0.1) is 0 Å². The third-order valence-corrected chi connectivity index (χ3v) is 5.25. The van der Waals surface area contributed by atoms with Crippen LogP contribution in [0.1, 0.15) is 30.5 Å². The quantitative estimate of drug-likeness (QED) is 0.657. The first-order chi connectivity index (χ1) is 12.7. The Kier molecular flexibility index (Phi) is 4.69. The van der Waals surface area contributed by atoms with Crippen LogP contribution in [0.4, 0.5) is 5.69 Å². The predicted molar refractivity (Wildman–Crippen MR) is 106 cm³/mol. The summed E-state index contributed by atoms with van der Waals surface area (Å²) in [6.45, 7) is 4.53. The summed E-state index contributed by atoms with van der Waals surface area (Å²) < 4.78 is 5.70. The fourth-order valence-corrected chi connectivity index (χ4v) is 3.96. The molecule has 0 aliphatic carbocycles. The molecule has 0 radical (unpaired) electrons. The molecular formula is C21H26N4O. The topological polar surface area (TPSA) is 62.9 Å². The number of ether oxygens (including phenoxy) is 1. The van der Waals surface area contributed by atoms with Crippen LogP contribution in [0.3, 0.4) is 0 Å². The number of nitrogens with one attached hydrogen (secondary N) is 1. The van der Waals surface area contributed by atoms with E-state index in [-0.39, 0.29) is 6.04 Å². The Morgan fingerprint density at radius 3 is 2.96 bits per heavy atom. The van der Waals surface area contributed by atoms with Gasteiger partial charge in [-0.05, 0) is 31.0 Å². The van der Waals surface area contributed by atoms with Crippen molar-refractivity contribution < 1.29 is 4.74 Å². The summed E-state index contributed by atoms with van der Waals surface area (Å²) in [6, 6.07) is 17.4. The molecule has 0 saturated heterocycles. The second kappa shape index (κ2) is 7.28. The number of hydrogen-bond donors (Lipinski definition) is 2. The summed E-state index contributed by atoms with van der Waals surface area (Å²) in [7, 11) is 0. The van der Waals surface area contributed by atoms with E-state index in [0.29, 0.717) is 25.2 Å². The van der Waals surface area contributed by atoms with E-state index in [9.17, 15) is 0 Å². The SMILES string of the molecule is CC1Cc2ccccc2N1CCN=C(N)NC1CCOc2ccccc21. The number of nitrogens with zero attached hydrogens (tertiary/aromatic N) is 2. The van der Waals surface area contributed by atoms with Crippen LogP contribution in [0.25, 0.3) is 0 Å². The number of aliphatic imine (C=N–C) groups is 1. The minimum Gasteiger partial charge on any atom is -0.493 e. The van der Waals surface area contributed by atoms with E-state index in [1.54, 1.807) is 0 Å². The molecule has 2 aliphatic heterocycles. The van der Waals surface area contributed by atoms with Crippen molar-refractivity contribution in [3.63, 3.8) is 0 Å². The van der Waals surface area contributed by atoms with E-state index in [1.807, 2.05) is 18.2 Å². The van der Waals surface area contributed by atoms with Gasteiger partial charge in [0.15, 0.2) is 5.96 Å². The maximum Gasteiger partial charge on any atom is 0.189 e. The van der Waals surface area contributed by atoms with E-state index in [2.05, 4.69) is 52.5 Å². The molecule has 2 atom stereocenters. The van der Waals surface area contributed by atoms with Gasteiger partial charge in [0.25, 0.3) is 0 Å². The molecule has 2 aromatic carbocycles. The lowest BCUT2D eigenvalue weighted by atomic mass is 10.0. The average molecular weight is 350 g/mol. The predicted octanol–water partition coefficient (Wildman–Crippen LogP) is 2.87. The van der Waals surface area contributed by atoms with Crippen LogP contribution in [-0.2, 0) is 6.42 Å². The third kappa shape index (κ3) is 3.34. The van der Waals surface area contributed by atoms with E-state index in [0.717, 1.165) is 30.7 Å². The largest absolute Gasteiger partial charge is 0.493 e.